The Bertz CT molecular complexity index is 801. The molecule has 1 unspecified atom stereocenters. The molecule has 0 saturated carbocycles. The highest BCUT2D eigenvalue weighted by Gasteiger charge is 2.17. The summed E-state index contributed by atoms with van der Waals surface area (Å²) >= 11 is 5.70. The SMILES string of the molecule is CS(=O)(=O)c1cc(CCC(Cl)C(=O)O)ccc1-c1ccccc1. The molecule has 1 atom stereocenters. The van der Waals surface area contributed by atoms with Crippen LogP contribution in [0.2, 0.25) is 0 Å². The van der Waals surface area contributed by atoms with Crippen LogP contribution in [0.1, 0.15) is 12.0 Å². The van der Waals surface area contributed by atoms with Crippen LogP contribution in [0.15, 0.2) is 53.4 Å². The fourth-order valence-corrected chi connectivity index (χ4v) is 3.36. The number of hydrogen-bond acceptors (Lipinski definition) is 3. The molecule has 0 spiro atoms. The van der Waals surface area contributed by atoms with Crippen LogP contribution in [0.25, 0.3) is 11.1 Å². The van der Waals surface area contributed by atoms with E-state index < -0.39 is 21.2 Å². The lowest BCUT2D eigenvalue weighted by Crippen LogP contribution is -2.14. The smallest absolute Gasteiger partial charge is 0.321 e. The Labute approximate surface area is 140 Å². The number of rotatable bonds is 6. The van der Waals surface area contributed by atoms with Gasteiger partial charge in [0.25, 0.3) is 0 Å². The van der Waals surface area contributed by atoms with Crippen molar-refractivity contribution >= 4 is 27.4 Å². The summed E-state index contributed by atoms with van der Waals surface area (Å²) in [6.45, 7) is 0. The lowest BCUT2D eigenvalue weighted by atomic mass is 10.0. The third kappa shape index (κ3) is 4.56. The molecule has 23 heavy (non-hydrogen) atoms. The van der Waals surface area contributed by atoms with Gasteiger partial charge >= 0.3 is 5.97 Å². The maximum atomic E-state index is 12.1. The van der Waals surface area contributed by atoms with Gasteiger partial charge in [0.2, 0.25) is 0 Å². The summed E-state index contributed by atoms with van der Waals surface area (Å²) in [6.07, 6.45) is 1.81. The summed E-state index contributed by atoms with van der Waals surface area (Å²) in [5, 5.41) is 7.83. The molecule has 122 valence electrons. The quantitative estimate of drug-likeness (QED) is 0.809. The first-order chi connectivity index (χ1) is 10.8. The van der Waals surface area contributed by atoms with E-state index >= 15 is 0 Å². The number of aliphatic carboxylic acids is 1. The standard InChI is InChI=1S/C17H17ClO4S/c1-23(21,22)16-11-12(8-10-15(18)17(19)20)7-9-14(16)13-5-3-2-4-6-13/h2-7,9,11,15H,8,10H2,1H3,(H,19,20). The summed E-state index contributed by atoms with van der Waals surface area (Å²) in [5.41, 5.74) is 2.20. The van der Waals surface area contributed by atoms with Gasteiger partial charge in [0.05, 0.1) is 4.90 Å². The number of halogens is 1. The monoisotopic (exact) mass is 352 g/mol. The normalized spacial score (nSPS) is 12.8. The molecule has 4 nitrogen and oxygen atoms in total. The van der Waals surface area contributed by atoms with E-state index in [4.69, 9.17) is 16.7 Å². The van der Waals surface area contributed by atoms with Gasteiger partial charge in [0.1, 0.15) is 5.38 Å². The fourth-order valence-electron chi connectivity index (χ4n) is 2.30. The van der Waals surface area contributed by atoms with Crippen molar-refractivity contribution in [2.75, 3.05) is 6.26 Å². The highest BCUT2D eigenvalue weighted by molar-refractivity contribution is 7.90. The molecule has 0 bridgehead atoms. The number of benzene rings is 2. The van der Waals surface area contributed by atoms with Crippen molar-refractivity contribution in [1.82, 2.24) is 0 Å². The van der Waals surface area contributed by atoms with Crippen molar-refractivity contribution in [1.29, 1.82) is 0 Å². The minimum Gasteiger partial charge on any atom is -0.480 e. The van der Waals surface area contributed by atoms with Crippen molar-refractivity contribution in [2.24, 2.45) is 0 Å². The van der Waals surface area contributed by atoms with E-state index in [-0.39, 0.29) is 11.3 Å². The van der Waals surface area contributed by atoms with Crippen molar-refractivity contribution in [3.8, 4) is 11.1 Å². The molecule has 0 fully saturated rings. The molecule has 0 aliphatic carbocycles. The number of sulfone groups is 1. The molecule has 0 saturated heterocycles. The van der Waals surface area contributed by atoms with Crippen molar-refractivity contribution in [2.45, 2.75) is 23.1 Å². The van der Waals surface area contributed by atoms with Gasteiger partial charge in [-0.25, -0.2) is 8.42 Å². The summed E-state index contributed by atoms with van der Waals surface area (Å²) in [6, 6.07) is 14.4. The second-order valence-electron chi connectivity index (χ2n) is 5.31. The molecule has 2 rings (SSSR count). The second kappa shape index (κ2) is 7.15. The van der Waals surface area contributed by atoms with Gasteiger partial charge in [-0.05, 0) is 30.0 Å². The summed E-state index contributed by atoms with van der Waals surface area (Å²) in [5.74, 6) is -1.07. The van der Waals surface area contributed by atoms with Gasteiger partial charge in [-0.2, -0.15) is 0 Å². The summed E-state index contributed by atoms with van der Waals surface area (Å²) in [7, 11) is -3.41. The maximum Gasteiger partial charge on any atom is 0.321 e. The molecule has 0 aliphatic heterocycles. The zero-order chi connectivity index (χ0) is 17.0. The van der Waals surface area contributed by atoms with Crippen molar-refractivity contribution < 1.29 is 18.3 Å². The van der Waals surface area contributed by atoms with Crippen LogP contribution in [0, 0.1) is 0 Å². The predicted molar refractivity (Wildman–Crippen MR) is 90.6 cm³/mol. The average Bonchev–Trinajstić information content (AvgIpc) is 2.52. The first-order valence-electron chi connectivity index (χ1n) is 7.04. The van der Waals surface area contributed by atoms with E-state index in [0.717, 1.165) is 11.1 Å². The van der Waals surface area contributed by atoms with Gasteiger partial charge in [-0.15, -0.1) is 11.6 Å². The lowest BCUT2D eigenvalue weighted by molar-refractivity contribution is -0.136. The number of carbonyl (C=O) groups is 1. The third-order valence-electron chi connectivity index (χ3n) is 3.48. The zero-order valence-electron chi connectivity index (χ0n) is 12.6. The minimum absolute atomic E-state index is 0.239. The molecule has 0 aromatic heterocycles. The average molecular weight is 353 g/mol. The Morgan fingerprint density at radius 1 is 1.17 bits per heavy atom. The molecule has 2 aromatic carbocycles. The van der Waals surface area contributed by atoms with Gasteiger partial charge in [0.15, 0.2) is 9.84 Å². The molecule has 2 aromatic rings. The van der Waals surface area contributed by atoms with Gasteiger partial charge in [-0.3, -0.25) is 4.79 Å². The largest absolute Gasteiger partial charge is 0.480 e. The van der Waals surface area contributed by atoms with Crippen molar-refractivity contribution in [3.05, 3.63) is 54.1 Å². The van der Waals surface area contributed by atoms with Crippen molar-refractivity contribution in [3.63, 3.8) is 0 Å². The number of carboxylic acid groups (broad SMARTS) is 1. The molecule has 0 radical (unpaired) electrons. The van der Waals surface area contributed by atoms with E-state index in [2.05, 4.69) is 0 Å². The molecule has 6 heteroatoms. The second-order valence-corrected chi connectivity index (χ2v) is 7.82. The van der Waals surface area contributed by atoms with E-state index in [1.165, 1.54) is 6.26 Å². The van der Waals surface area contributed by atoms with Crippen LogP contribution >= 0.6 is 11.6 Å². The predicted octanol–water partition coefficient (Wildman–Crippen LogP) is 3.38. The van der Waals surface area contributed by atoms with Gasteiger partial charge < -0.3 is 5.11 Å². The molecular formula is C17H17ClO4S. The van der Waals surface area contributed by atoms with Crippen LogP contribution in [0.3, 0.4) is 0 Å². The van der Waals surface area contributed by atoms with E-state index in [1.807, 2.05) is 36.4 Å². The minimum atomic E-state index is -3.41. The molecule has 0 amide bonds. The lowest BCUT2D eigenvalue weighted by Gasteiger charge is -2.11. The Morgan fingerprint density at radius 3 is 2.39 bits per heavy atom. The van der Waals surface area contributed by atoms with Crippen LogP contribution < -0.4 is 0 Å². The van der Waals surface area contributed by atoms with Gasteiger partial charge in [0, 0.05) is 11.8 Å². The number of hydrogen-bond donors (Lipinski definition) is 1. The Balaban J connectivity index is 2.38. The fraction of sp³-hybridized carbons (Fsp3) is 0.235. The molecule has 0 aliphatic rings. The summed E-state index contributed by atoms with van der Waals surface area (Å²) in [4.78, 5) is 11.0. The molecular weight excluding hydrogens is 336 g/mol. The topological polar surface area (TPSA) is 71.4 Å². The number of alkyl halides is 1. The zero-order valence-corrected chi connectivity index (χ0v) is 14.1. The van der Waals surface area contributed by atoms with Crippen LogP contribution in [0.5, 0.6) is 0 Å². The third-order valence-corrected chi connectivity index (χ3v) is 5.03. The van der Waals surface area contributed by atoms with Crippen LogP contribution in [0.4, 0.5) is 0 Å². The number of carboxylic acids is 1. The van der Waals surface area contributed by atoms with E-state index in [9.17, 15) is 13.2 Å². The van der Waals surface area contributed by atoms with Crippen LogP contribution in [-0.4, -0.2) is 31.1 Å². The maximum absolute atomic E-state index is 12.1. The first kappa shape index (κ1) is 17.5. The van der Waals surface area contributed by atoms with Gasteiger partial charge in [-0.1, -0.05) is 42.5 Å². The van der Waals surface area contributed by atoms with Crippen LogP contribution in [-0.2, 0) is 21.1 Å². The molecule has 1 N–H and O–H groups in total. The highest BCUT2D eigenvalue weighted by Crippen LogP contribution is 2.29. The van der Waals surface area contributed by atoms with E-state index in [0.29, 0.717) is 12.0 Å². The summed E-state index contributed by atoms with van der Waals surface area (Å²) < 4.78 is 24.2. The number of aryl methyl sites for hydroxylation is 1. The Morgan fingerprint density at radius 2 is 1.83 bits per heavy atom. The Hall–Kier alpha value is -1.85. The Kier molecular flexibility index (Phi) is 5.44. The highest BCUT2D eigenvalue weighted by atomic mass is 35.5. The van der Waals surface area contributed by atoms with E-state index in [1.54, 1.807) is 12.1 Å². The molecule has 0 heterocycles. The first-order valence-corrected chi connectivity index (χ1v) is 9.37.